The van der Waals surface area contributed by atoms with E-state index in [2.05, 4.69) is 64.2 Å². The highest BCUT2D eigenvalue weighted by molar-refractivity contribution is 6.74. The quantitative estimate of drug-likeness (QED) is 0.356. The van der Waals surface area contributed by atoms with Crippen molar-refractivity contribution in [2.75, 3.05) is 6.61 Å². The summed E-state index contributed by atoms with van der Waals surface area (Å²) in [6.07, 6.45) is 8.30. The van der Waals surface area contributed by atoms with Crippen molar-refractivity contribution in [3.05, 3.63) is 35.9 Å². The van der Waals surface area contributed by atoms with Crippen molar-refractivity contribution >= 4 is 8.32 Å². The monoisotopic (exact) mass is 404 g/mol. The van der Waals surface area contributed by atoms with Gasteiger partial charge < -0.3 is 13.9 Å². The highest BCUT2D eigenvalue weighted by Gasteiger charge is 2.46. The van der Waals surface area contributed by atoms with Gasteiger partial charge in [0.15, 0.2) is 8.32 Å². The fourth-order valence-electron chi connectivity index (χ4n) is 4.02. The molecule has 1 aliphatic carbocycles. The normalized spacial score (nSPS) is 23.4. The van der Waals surface area contributed by atoms with Gasteiger partial charge in [-0.1, -0.05) is 83.2 Å². The summed E-state index contributed by atoms with van der Waals surface area (Å²) in [5.74, 6) is 0.769. The van der Waals surface area contributed by atoms with E-state index in [0.717, 1.165) is 18.9 Å². The Labute approximate surface area is 173 Å². The van der Waals surface area contributed by atoms with Gasteiger partial charge in [0, 0.05) is 0 Å². The molecule has 28 heavy (non-hydrogen) atoms. The zero-order valence-electron chi connectivity index (χ0n) is 18.6. The topological polar surface area (TPSA) is 31.0 Å². The number of benzene rings is 1. The molecule has 1 aromatic rings. The standard InChI is InChI=1S/C24H40O3Si/c1-24(2,3)28(4,5)27-21(16-19-12-8-6-9-13-19)23(22-18-25-22)26-17-20-14-10-7-11-15-20/h7,10-11,14-15,19,21-23H,6,8-9,12-13,16-18H2,1-5H3/t21-,22?,23+/m1/s1. The molecule has 3 rings (SSSR count). The molecule has 0 N–H and O–H groups in total. The number of rotatable bonds is 9. The summed E-state index contributed by atoms with van der Waals surface area (Å²) >= 11 is 0. The van der Waals surface area contributed by atoms with Gasteiger partial charge in [-0.2, -0.15) is 0 Å². The van der Waals surface area contributed by atoms with Crippen LogP contribution in [0.4, 0.5) is 0 Å². The smallest absolute Gasteiger partial charge is 0.192 e. The third-order valence-corrected chi connectivity index (χ3v) is 11.4. The van der Waals surface area contributed by atoms with E-state index in [1.165, 1.54) is 37.7 Å². The molecule has 1 saturated heterocycles. The van der Waals surface area contributed by atoms with Crippen molar-refractivity contribution in [1.82, 2.24) is 0 Å². The van der Waals surface area contributed by atoms with Crippen LogP contribution in [-0.4, -0.2) is 33.2 Å². The molecule has 1 heterocycles. The molecule has 3 nitrogen and oxygen atoms in total. The minimum Gasteiger partial charge on any atom is -0.411 e. The maximum absolute atomic E-state index is 6.99. The summed E-state index contributed by atoms with van der Waals surface area (Å²) < 4.78 is 19.2. The Morgan fingerprint density at radius 2 is 1.71 bits per heavy atom. The van der Waals surface area contributed by atoms with Gasteiger partial charge in [-0.3, -0.25) is 0 Å². The van der Waals surface area contributed by atoms with Crippen LogP contribution in [0, 0.1) is 5.92 Å². The third-order valence-electron chi connectivity index (χ3n) is 6.92. The van der Waals surface area contributed by atoms with Crippen LogP contribution >= 0.6 is 0 Å². The number of hydrogen-bond donors (Lipinski definition) is 0. The minimum absolute atomic E-state index is 0.0382. The van der Waals surface area contributed by atoms with Crippen molar-refractivity contribution < 1.29 is 13.9 Å². The van der Waals surface area contributed by atoms with Crippen LogP contribution in [0.25, 0.3) is 0 Å². The van der Waals surface area contributed by atoms with Gasteiger partial charge in [0.05, 0.1) is 19.3 Å². The van der Waals surface area contributed by atoms with Crippen molar-refractivity contribution in [1.29, 1.82) is 0 Å². The maximum Gasteiger partial charge on any atom is 0.192 e. The van der Waals surface area contributed by atoms with Gasteiger partial charge in [0.25, 0.3) is 0 Å². The molecular weight excluding hydrogens is 364 g/mol. The highest BCUT2D eigenvalue weighted by Crippen LogP contribution is 2.41. The van der Waals surface area contributed by atoms with Gasteiger partial charge in [-0.05, 0) is 36.0 Å². The lowest BCUT2D eigenvalue weighted by atomic mass is 9.84. The van der Waals surface area contributed by atoms with Crippen molar-refractivity contribution in [3.8, 4) is 0 Å². The lowest BCUT2D eigenvalue weighted by Gasteiger charge is -2.42. The van der Waals surface area contributed by atoms with Gasteiger partial charge in [-0.15, -0.1) is 0 Å². The Balaban J connectivity index is 1.73. The Morgan fingerprint density at radius 1 is 1.07 bits per heavy atom. The van der Waals surface area contributed by atoms with E-state index >= 15 is 0 Å². The first-order chi connectivity index (χ1) is 13.3. The van der Waals surface area contributed by atoms with E-state index in [4.69, 9.17) is 13.9 Å². The molecule has 0 amide bonds. The average molecular weight is 405 g/mol. The molecule has 0 bridgehead atoms. The summed E-state index contributed by atoms with van der Waals surface area (Å²) in [5.41, 5.74) is 1.22. The second kappa shape index (κ2) is 9.42. The fourth-order valence-corrected chi connectivity index (χ4v) is 5.36. The van der Waals surface area contributed by atoms with Crippen LogP contribution in [0.15, 0.2) is 30.3 Å². The SMILES string of the molecule is CC(C)(C)[Si](C)(C)O[C@H](CC1CCCCC1)[C@H](OCc1ccccc1)C1CO1. The van der Waals surface area contributed by atoms with Gasteiger partial charge in [0.2, 0.25) is 0 Å². The zero-order chi connectivity index (χ0) is 20.2. The van der Waals surface area contributed by atoms with Crippen LogP contribution in [0.1, 0.15) is 64.9 Å². The third kappa shape index (κ3) is 6.16. The van der Waals surface area contributed by atoms with Gasteiger partial charge in [0.1, 0.15) is 12.2 Å². The van der Waals surface area contributed by atoms with Crippen LogP contribution in [0.5, 0.6) is 0 Å². The maximum atomic E-state index is 6.99. The van der Waals surface area contributed by atoms with E-state index in [0.29, 0.717) is 6.61 Å². The van der Waals surface area contributed by atoms with Gasteiger partial charge >= 0.3 is 0 Å². The molecule has 1 aromatic carbocycles. The average Bonchev–Trinajstić information content (AvgIpc) is 3.47. The molecule has 3 atom stereocenters. The lowest BCUT2D eigenvalue weighted by molar-refractivity contribution is -0.0621. The first kappa shape index (κ1) is 22.0. The Hall–Kier alpha value is -0.683. The van der Waals surface area contributed by atoms with E-state index < -0.39 is 8.32 Å². The van der Waals surface area contributed by atoms with E-state index in [-0.39, 0.29) is 23.4 Å². The first-order valence-corrected chi connectivity index (χ1v) is 14.1. The highest BCUT2D eigenvalue weighted by atomic mass is 28.4. The largest absolute Gasteiger partial charge is 0.411 e. The Morgan fingerprint density at radius 3 is 2.29 bits per heavy atom. The molecule has 2 aliphatic rings. The molecule has 4 heteroatoms. The van der Waals surface area contributed by atoms with Crippen molar-refractivity contribution in [3.63, 3.8) is 0 Å². The zero-order valence-corrected chi connectivity index (χ0v) is 19.6. The van der Waals surface area contributed by atoms with Crippen molar-refractivity contribution in [2.24, 2.45) is 5.92 Å². The molecule has 1 saturated carbocycles. The Kier molecular flexibility index (Phi) is 7.41. The van der Waals surface area contributed by atoms with Crippen molar-refractivity contribution in [2.45, 2.75) is 102 Å². The number of hydrogen-bond acceptors (Lipinski definition) is 3. The molecular formula is C24H40O3Si. The molecule has 2 fully saturated rings. The number of ether oxygens (including phenoxy) is 2. The predicted octanol–water partition coefficient (Wildman–Crippen LogP) is 6.33. The summed E-state index contributed by atoms with van der Waals surface area (Å²) in [7, 11) is -1.88. The molecule has 0 radical (unpaired) electrons. The first-order valence-electron chi connectivity index (χ1n) is 11.2. The van der Waals surface area contributed by atoms with E-state index in [1.807, 2.05) is 0 Å². The minimum atomic E-state index is -1.88. The van der Waals surface area contributed by atoms with Crippen LogP contribution in [0.3, 0.4) is 0 Å². The molecule has 1 unspecified atom stereocenters. The summed E-state index contributed by atoms with van der Waals surface area (Å²) in [6.45, 7) is 13.1. The number of epoxide rings is 1. The van der Waals surface area contributed by atoms with Gasteiger partial charge in [-0.25, -0.2) is 0 Å². The summed E-state index contributed by atoms with van der Waals surface area (Å²) in [6, 6.07) is 10.5. The molecule has 0 aromatic heterocycles. The van der Waals surface area contributed by atoms with Crippen LogP contribution < -0.4 is 0 Å². The second-order valence-corrected chi connectivity index (χ2v) is 15.0. The molecule has 0 spiro atoms. The molecule has 1 aliphatic heterocycles. The summed E-state index contributed by atoms with van der Waals surface area (Å²) in [4.78, 5) is 0. The second-order valence-electron chi connectivity index (χ2n) is 10.3. The van der Waals surface area contributed by atoms with Crippen LogP contribution in [0.2, 0.25) is 18.1 Å². The van der Waals surface area contributed by atoms with E-state index in [9.17, 15) is 0 Å². The predicted molar refractivity (Wildman–Crippen MR) is 118 cm³/mol. The van der Waals surface area contributed by atoms with Crippen LogP contribution in [-0.2, 0) is 20.5 Å². The lowest BCUT2D eigenvalue weighted by Crippen LogP contribution is -2.49. The summed E-state index contributed by atoms with van der Waals surface area (Å²) in [5, 5.41) is 0.201. The fraction of sp³-hybridized carbons (Fsp3) is 0.750. The molecule has 158 valence electrons. The van der Waals surface area contributed by atoms with E-state index in [1.54, 1.807) is 0 Å². The Bertz CT molecular complexity index is 586.